The molecular weight excluding hydrogens is 362 g/mol. The number of carbonyl (C=O) groups excluding carboxylic acids is 1. The molecule has 1 aromatic heterocycles. The van der Waals surface area contributed by atoms with E-state index >= 15 is 0 Å². The van der Waals surface area contributed by atoms with Gasteiger partial charge in [-0.05, 0) is 36.5 Å². The van der Waals surface area contributed by atoms with Gasteiger partial charge in [0.1, 0.15) is 34.3 Å². The Labute approximate surface area is 160 Å². The van der Waals surface area contributed by atoms with Crippen molar-refractivity contribution in [2.45, 2.75) is 17.9 Å². The maximum atomic E-state index is 11.1. The number of anilines is 1. The van der Waals surface area contributed by atoms with Crippen molar-refractivity contribution in [1.29, 1.82) is 10.5 Å². The lowest BCUT2D eigenvalue weighted by molar-refractivity contribution is -0.115. The summed E-state index contributed by atoms with van der Waals surface area (Å²) in [6.45, 7) is 0.697. The molecule has 1 aliphatic carbocycles. The molecule has 4 N–H and O–H groups in total. The van der Waals surface area contributed by atoms with E-state index in [1.54, 1.807) is 24.3 Å². The topological polar surface area (TPSA) is 139 Å². The number of rotatable bonds is 7. The predicted octanol–water partition coefficient (Wildman–Crippen LogP) is 2.44. The highest BCUT2D eigenvalue weighted by atomic mass is 32.2. The molecule has 136 valence electrons. The number of aromatic nitrogens is 1. The van der Waals surface area contributed by atoms with E-state index in [9.17, 15) is 15.3 Å². The summed E-state index contributed by atoms with van der Waals surface area (Å²) in [6, 6.07) is 11.3. The summed E-state index contributed by atoms with van der Waals surface area (Å²) in [5, 5.41) is 19.4. The normalized spacial score (nSPS) is 12.8. The molecule has 27 heavy (non-hydrogen) atoms. The third-order valence-electron chi connectivity index (χ3n) is 4.09. The number of nitrogens with zero attached hydrogens (tertiary/aromatic N) is 3. The van der Waals surface area contributed by atoms with E-state index in [2.05, 4.69) is 11.1 Å². The van der Waals surface area contributed by atoms with Gasteiger partial charge in [-0.2, -0.15) is 10.5 Å². The monoisotopic (exact) mass is 379 g/mol. The largest absolute Gasteiger partial charge is 0.493 e. The molecule has 1 aliphatic rings. The van der Waals surface area contributed by atoms with E-state index in [1.807, 2.05) is 6.07 Å². The average Bonchev–Trinajstić information content (AvgIpc) is 3.49. The number of pyridine rings is 1. The van der Waals surface area contributed by atoms with Crippen molar-refractivity contribution >= 4 is 23.5 Å². The van der Waals surface area contributed by atoms with Gasteiger partial charge >= 0.3 is 0 Å². The van der Waals surface area contributed by atoms with Crippen LogP contribution in [0.5, 0.6) is 5.75 Å². The van der Waals surface area contributed by atoms with Crippen molar-refractivity contribution in [1.82, 2.24) is 4.98 Å². The summed E-state index contributed by atoms with van der Waals surface area (Å²) in [7, 11) is 0. The molecule has 0 bridgehead atoms. The maximum absolute atomic E-state index is 11.1. The van der Waals surface area contributed by atoms with Gasteiger partial charge in [-0.3, -0.25) is 4.79 Å². The van der Waals surface area contributed by atoms with Crippen LogP contribution in [0.4, 0.5) is 5.82 Å². The maximum Gasteiger partial charge on any atom is 0.227 e. The number of hydrogen-bond donors (Lipinski definition) is 2. The van der Waals surface area contributed by atoms with Crippen LogP contribution in [0.3, 0.4) is 0 Å². The fourth-order valence-corrected chi connectivity index (χ4v) is 3.28. The quantitative estimate of drug-likeness (QED) is 0.704. The SMILES string of the molecule is N#Cc1c(N)nc(SCC(N)=O)c(C#N)c1-c1ccc(OCC2CC2)cc1. The average molecular weight is 379 g/mol. The van der Waals surface area contributed by atoms with E-state index < -0.39 is 5.91 Å². The Hall–Kier alpha value is -3.23. The number of benzene rings is 1. The Balaban J connectivity index is 2.00. The number of hydrogen-bond acceptors (Lipinski definition) is 7. The number of amides is 1. The molecule has 1 heterocycles. The highest BCUT2D eigenvalue weighted by Crippen LogP contribution is 2.36. The highest BCUT2D eigenvalue weighted by Gasteiger charge is 2.23. The van der Waals surface area contributed by atoms with Crippen LogP contribution < -0.4 is 16.2 Å². The van der Waals surface area contributed by atoms with Crippen LogP contribution in [-0.2, 0) is 4.79 Å². The first-order valence-corrected chi connectivity index (χ1v) is 9.30. The number of carbonyl (C=O) groups is 1. The summed E-state index contributed by atoms with van der Waals surface area (Å²) in [5.74, 6) is 0.804. The molecule has 8 heteroatoms. The zero-order valence-electron chi connectivity index (χ0n) is 14.4. The first kappa shape index (κ1) is 18.6. The van der Waals surface area contributed by atoms with Crippen LogP contribution in [0.15, 0.2) is 29.3 Å². The zero-order chi connectivity index (χ0) is 19.4. The van der Waals surface area contributed by atoms with Crippen LogP contribution in [0, 0.1) is 28.6 Å². The third-order valence-corrected chi connectivity index (χ3v) is 5.09. The number of nitriles is 2. The molecule has 0 unspecified atom stereocenters. The van der Waals surface area contributed by atoms with Gasteiger partial charge in [0.05, 0.1) is 17.9 Å². The predicted molar refractivity (Wildman–Crippen MR) is 102 cm³/mol. The smallest absolute Gasteiger partial charge is 0.227 e. The zero-order valence-corrected chi connectivity index (χ0v) is 15.3. The summed E-state index contributed by atoms with van der Waals surface area (Å²) in [5.41, 5.74) is 12.5. The van der Waals surface area contributed by atoms with Crippen LogP contribution in [0.1, 0.15) is 24.0 Å². The van der Waals surface area contributed by atoms with Crippen molar-refractivity contribution in [2.24, 2.45) is 11.7 Å². The van der Waals surface area contributed by atoms with Crippen molar-refractivity contribution < 1.29 is 9.53 Å². The summed E-state index contributed by atoms with van der Waals surface area (Å²) in [6.07, 6.45) is 2.41. The molecule has 7 nitrogen and oxygen atoms in total. The number of thioether (sulfide) groups is 1. The molecule has 0 radical (unpaired) electrons. The minimum atomic E-state index is -0.535. The molecule has 0 saturated heterocycles. The lowest BCUT2D eigenvalue weighted by Gasteiger charge is -2.13. The van der Waals surface area contributed by atoms with Gasteiger partial charge in [-0.25, -0.2) is 4.98 Å². The molecule has 0 atom stereocenters. The van der Waals surface area contributed by atoms with Crippen molar-refractivity contribution in [3.8, 4) is 29.0 Å². The third kappa shape index (κ3) is 4.30. The van der Waals surface area contributed by atoms with E-state index in [1.165, 1.54) is 12.8 Å². The Bertz CT molecular complexity index is 956. The van der Waals surface area contributed by atoms with Crippen molar-refractivity contribution in [3.63, 3.8) is 0 Å². The Morgan fingerprint density at radius 2 is 1.89 bits per heavy atom. The number of nitrogen functional groups attached to an aromatic ring is 1. The fraction of sp³-hybridized carbons (Fsp3) is 0.263. The van der Waals surface area contributed by atoms with Gasteiger partial charge in [0.15, 0.2) is 0 Å². The minimum Gasteiger partial charge on any atom is -0.493 e. The van der Waals surface area contributed by atoms with Crippen LogP contribution >= 0.6 is 11.8 Å². The Morgan fingerprint density at radius 3 is 2.44 bits per heavy atom. The van der Waals surface area contributed by atoms with E-state index in [0.29, 0.717) is 23.7 Å². The summed E-state index contributed by atoms with van der Waals surface area (Å²) >= 11 is 1.02. The Morgan fingerprint density at radius 1 is 1.22 bits per heavy atom. The van der Waals surface area contributed by atoms with E-state index in [0.717, 1.165) is 17.5 Å². The summed E-state index contributed by atoms with van der Waals surface area (Å²) in [4.78, 5) is 15.2. The molecule has 1 amide bonds. The van der Waals surface area contributed by atoms with Gasteiger partial charge in [-0.1, -0.05) is 23.9 Å². The molecule has 1 aromatic carbocycles. The van der Waals surface area contributed by atoms with Crippen LogP contribution in [-0.4, -0.2) is 23.3 Å². The lowest BCUT2D eigenvalue weighted by Crippen LogP contribution is -2.14. The molecular formula is C19H17N5O2S. The lowest BCUT2D eigenvalue weighted by atomic mass is 9.97. The van der Waals surface area contributed by atoms with Crippen LogP contribution in [0.2, 0.25) is 0 Å². The Kier molecular flexibility index (Phi) is 5.49. The van der Waals surface area contributed by atoms with Crippen molar-refractivity contribution in [3.05, 3.63) is 35.4 Å². The van der Waals surface area contributed by atoms with E-state index in [-0.39, 0.29) is 27.7 Å². The first-order valence-electron chi connectivity index (χ1n) is 8.31. The van der Waals surface area contributed by atoms with Gasteiger partial charge in [0.2, 0.25) is 5.91 Å². The van der Waals surface area contributed by atoms with Gasteiger partial charge < -0.3 is 16.2 Å². The number of nitrogens with two attached hydrogens (primary N) is 2. The standard InChI is InChI=1S/C19H17N5O2S/c20-7-14-17(12-3-5-13(6-4-12)26-9-11-1-2-11)15(8-21)19(24-18(14)23)27-10-16(22)25/h3-6,11H,1-2,9-10H2,(H2,22,25)(H2,23,24). The van der Waals surface area contributed by atoms with Gasteiger partial charge in [0.25, 0.3) is 0 Å². The molecule has 3 rings (SSSR count). The number of ether oxygens (including phenoxy) is 1. The van der Waals surface area contributed by atoms with Gasteiger partial charge in [-0.15, -0.1) is 0 Å². The molecule has 1 saturated carbocycles. The minimum absolute atomic E-state index is 0.00697. The second-order valence-electron chi connectivity index (χ2n) is 6.18. The number of primary amides is 1. The molecule has 2 aromatic rings. The first-order chi connectivity index (χ1) is 13.0. The van der Waals surface area contributed by atoms with Gasteiger partial charge in [0, 0.05) is 5.56 Å². The molecule has 0 aliphatic heterocycles. The van der Waals surface area contributed by atoms with Crippen LogP contribution in [0.25, 0.3) is 11.1 Å². The second kappa shape index (κ2) is 7.98. The molecule has 1 fully saturated rings. The fourth-order valence-electron chi connectivity index (χ4n) is 2.55. The second-order valence-corrected chi connectivity index (χ2v) is 7.15. The molecule has 0 spiro atoms. The van der Waals surface area contributed by atoms with E-state index in [4.69, 9.17) is 16.2 Å². The van der Waals surface area contributed by atoms with Crippen molar-refractivity contribution in [2.75, 3.05) is 18.1 Å². The highest BCUT2D eigenvalue weighted by molar-refractivity contribution is 8.00. The summed E-state index contributed by atoms with van der Waals surface area (Å²) < 4.78 is 5.72.